The highest BCUT2D eigenvalue weighted by Gasteiger charge is 2.42. The van der Waals surface area contributed by atoms with Gasteiger partial charge in [-0.3, -0.25) is 4.79 Å². The van der Waals surface area contributed by atoms with E-state index in [1.165, 1.54) is 0 Å². The minimum atomic E-state index is -0.688. The van der Waals surface area contributed by atoms with Crippen molar-refractivity contribution in [3.8, 4) is 5.75 Å². The van der Waals surface area contributed by atoms with Gasteiger partial charge < -0.3 is 9.84 Å². The van der Waals surface area contributed by atoms with Gasteiger partial charge in [0.05, 0.1) is 18.1 Å². The van der Waals surface area contributed by atoms with E-state index in [9.17, 15) is 4.79 Å². The maximum Gasteiger partial charge on any atom is 0.306 e. The molecule has 0 radical (unpaired) electrons. The molecule has 2 rings (SSSR count). The molecule has 1 N–H and O–H groups in total. The third-order valence-electron chi connectivity index (χ3n) is 3.33. The number of hydrogen-bond acceptors (Lipinski definition) is 2. The van der Waals surface area contributed by atoms with Crippen molar-refractivity contribution in [2.75, 3.05) is 7.11 Å². The lowest BCUT2D eigenvalue weighted by Crippen LogP contribution is -2.02. The van der Waals surface area contributed by atoms with Gasteiger partial charge in [-0.1, -0.05) is 11.6 Å². The Bertz CT molecular complexity index is 456. The zero-order valence-electron chi connectivity index (χ0n) is 9.87. The Morgan fingerprint density at radius 2 is 2.29 bits per heavy atom. The van der Waals surface area contributed by atoms with Gasteiger partial charge in [-0.05, 0) is 48.9 Å². The standard InChI is InChI=1S/C13H15ClO3/c1-7-3-12(17-2)11(14)6-8(7)4-9-5-10(9)13(15)16/h3,6,9-10H,4-5H2,1-2H3,(H,15,16). The number of ether oxygens (including phenoxy) is 1. The van der Waals surface area contributed by atoms with Crippen LogP contribution >= 0.6 is 11.6 Å². The van der Waals surface area contributed by atoms with E-state index in [-0.39, 0.29) is 11.8 Å². The molecule has 92 valence electrons. The van der Waals surface area contributed by atoms with E-state index in [0.717, 1.165) is 24.0 Å². The molecule has 4 heteroatoms. The summed E-state index contributed by atoms with van der Waals surface area (Å²) < 4.78 is 5.13. The molecule has 17 heavy (non-hydrogen) atoms. The zero-order chi connectivity index (χ0) is 12.6. The summed E-state index contributed by atoms with van der Waals surface area (Å²) in [5.41, 5.74) is 2.21. The van der Waals surface area contributed by atoms with E-state index < -0.39 is 5.97 Å². The summed E-state index contributed by atoms with van der Waals surface area (Å²) in [4.78, 5) is 10.8. The first kappa shape index (κ1) is 12.2. The van der Waals surface area contributed by atoms with Crippen LogP contribution in [-0.4, -0.2) is 18.2 Å². The monoisotopic (exact) mass is 254 g/mol. The van der Waals surface area contributed by atoms with E-state index >= 15 is 0 Å². The highest BCUT2D eigenvalue weighted by atomic mass is 35.5. The summed E-state index contributed by atoms with van der Waals surface area (Å²) in [5.74, 6) is 0.0664. The summed E-state index contributed by atoms with van der Waals surface area (Å²) in [6, 6.07) is 3.78. The molecule has 0 spiro atoms. The lowest BCUT2D eigenvalue weighted by Gasteiger charge is -2.09. The van der Waals surface area contributed by atoms with E-state index in [0.29, 0.717) is 10.8 Å². The number of methoxy groups -OCH3 is 1. The molecule has 1 aliphatic rings. The number of aliphatic carboxylic acids is 1. The van der Waals surface area contributed by atoms with Crippen LogP contribution in [0.15, 0.2) is 12.1 Å². The molecule has 0 saturated heterocycles. The normalized spacial score (nSPS) is 22.3. The highest BCUT2D eigenvalue weighted by molar-refractivity contribution is 6.32. The minimum Gasteiger partial charge on any atom is -0.495 e. The van der Waals surface area contributed by atoms with Crippen LogP contribution in [0.5, 0.6) is 5.75 Å². The molecule has 0 heterocycles. The molecule has 2 unspecified atom stereocenters. The molecule has 1 saturated carbocycles. The predicted octanol–water partition coefficient (Wildman–Crippen LogP) is 2.92. The van der Waals surface area contributed by atoms with E-state index in [1.807, 2.05) is 19.1 Å². The molecule has 1 aliphatic carbocycles. The fraction of sp³-hybridized carbons (Fsp3) is 0.462. The van der Waals surface area contributed by atoms with Crippen molar-refractivity contribution in [3.63, 3.8) is 0 Å². The third-order valence-corrected chi connectivity index (χ3v) is 3.63. The Morgan fingerprint density at radius 1 is 1.59 bits per heavy atom. The number of halogens is 1. The Balaban J connectivity index is 2.12. The molecule has 0 aliphatic heterocycles. The Labute approximate surface area is 105 Å². The number of aryl methyl sites for hydroxylation is 1. The molecular weight excluding hydrogens is 240 g/mol. The minimum absolute atomic E-state index is 0.171. The van der Waals surface area contributed by atoms with Gasteiger partial charge >= 0.3 is 5.97 Å². The van der Waals surface area contributed by atoms with Crippen LogP contribution in [0.25, 0.3) is 0 Å². The van der Waals surface area contributed by atoms with Gasteiger partial charge in [0.25, 0.3) is 0 Å². The second-order valence-corrected chi connectivity index (χ2v) is 4.97. The summed E-state index contributed by atoms with van der Waals surface area (Å²) >= 11 is 6.06. The van der Waals surface area contributed by atoms with Gasteiger partial charge in [-0.15, -0.1) is 0 Å². The van der Waals surface area contributed by atoms with Crippen LogP contribution in [0.4, 0.5) is 0 Å². The summed E-state index contributed by atoms with van der Waals surface area (Å²) in [6.07, 6.45) is 1.56. The first-order chi connectivity index (χ1) is 8.02. The smallest absolute Gasteiger partial charge is 0.306 e. The Kier molecular flexibility index (Phi) is 3.29. The molecule has 2 atom stereocenters. The molecule has 3 nitrogen and oxygen atoms in total. The number of carbonyl (C=O) groups is 1. The van der Waals surface area contributed by atoms with Gasteiger partial charge in [0.15, 0.2) is 0 Å². The quantitative estimate of drug-likeness (QED) is 0.899. The van der Waals surface area contributed by atoms with E-state index in [4.69, 9.17) is 21.4 Å². The summed E-state index contributed by atoms with van der Waals surface area (Å²) in [5, 5.41) is 9.45. The second-order valence-electron chi connectivity index (χ2n) is 4.56. The van der Waals surface area contributed by atoms with E-state index in [2.05, 4.69) is 0 Å². The average molecular weight is 255 g/mol. The van der Waals surface area contributed by atoms with Crippen LogP contribution < -0.4 is 4.74 Å². The van der Waals surface area contributed by atoms with Crippen molar-refractivity contribution in [1.82, 2.24) is 0 Å². The van der Waals surface area contributed by atoms with Crippen molar-refractivity contribution in [2.24, 2.45) is 11.8 Å². The fourth-order valence-corrected chi connectivity index (χ4v) is 2.39. The highest BCUT2D eigenvalue weighted by Crippen LogP contribution is 2.42. The topological polar surface area (TPSA) is 46.5 Å². The average Bonchev–Trinajstić information content (AvgIpc) is 3.02. The van der Waals surface area contributed by atoms with Crippen molar-refractivity contribution < 1.29 is 14.6 Å². The Morgan fingerprint density at radius 3 is 2.82 bits per heavy atom. The Hall–Kier alpha value is -1.22. The molecule has 1 aromatic rings. The fourth-order valence-electron chi connectivity index (χ4n) is 2.13. The molecular formula is C13H15ClO3. The maximum absolute atomic E-state index is 10.8. The van der Waals surface area contributed by atoms with Gasteiger partial charge in [0, 0.05) is 0 Å². The van der Waals surface area contributed by atoms with Crippen molar-refractivity contribution in [3.05, 3.63) is 28.3 Å². The number of rotatable bonds is 4. The molecule has 0 bridgehead atoms. The van der Waals surface area contributed by atoms with E-state index in [1.54, 1.807) is 7.11 Å². The lowest BCUT2D eigenvalue weighted by atomic mass is 10.0. The number of benzene rings is 1. The van der Waals surface area contributed by atoms with Gasteiger partial charge in [-0.2, -0.15) is 0 Å². The number of carboxylic acids is 1. The molecule has 1 fully saturated rings. The number of hydrogen-bond donors (Lipinski definition) is 1. The second kappa shape index (κ2) is 4.57. The molecule has 0 amide bonds. The number of carboxylic acid groups (broad SMARTS) is 1. The maximum atomic E-state index is 10.8. The van der Waals surface area contributed by atoms with Crippen molar-refractivity contribution in [1.29, 1.82) is 0 Å². The van der Waals surface area contributed by atoms with Crippen LogP contribution in [0.2, 0.25) is 5.02 Å². The van der Waals surface area contributed by atoms with Gasteiger partial charge in [0.2, 0.25) is 0 Å². The lowest BCUT2D eigenvalue weighted by molar-refractivity contribution is -0.138. The zero-order valence-corrected chi connectivity index (χ0v) is 10.6. The van der Waals surface area contributed by atoms with Crippen LogP contribution in [0, 0.1) is 18.8 Å². The van der Waals surface area contributed by atoms with Crippen LogP contribution in [0.1, 0.15) is 17.5 Å². The van der Waals surface area contributed by atoms with Crippen LogP contribution in [-0.2, 0) is 11.2 Å². The SMILES string of the molecule is COc1cc(C)c(CC2CC2C(=O)O)cc1Cl. The summed E-state index contributed by atoms with van der Waals surface area (Å²) in [6.45, 7) is 1.99. The van der Waals surface area contributed by atoms with Crippen LogP contribution in [0.3, 0.4) is 0 Å². The predicted molar refractivity (Wildman–Crippen MR) is 65.7 cm³/mol. The van der Waals surface area contributed by atoms with Crippen molar-refractivity contribution >= 4 is 17.6 Å². The summed E-state index contributed by atoms with van der Waals surface area (Å²) in [7, 11) is 1.58. The third kappa shape index (κ3) is 2.55. The largest absolute Gasteiger partial charge is 0.495 e. The van der Waals surface area contributed by atoms with Gasteiger partial charge in [-0.25, -0.2) is 0 Å². The van der Waals surface area contributed by atoms with Crippen molar-refractivity contribution in [2.45, 2.75) is 19.8 Å². The first-order valence-electron chi connectivity index (χ1n) is 5.58. The first-order valence-corrected chi connectivity index (χ1v) is 5.96. The molecule has 1 aromatic carbocycles. The van der Waals surface area contributed by atoms with Gasteiger partial charge in [0.1, 0.15) is 5.75 Å². The molecule has 0 aromatic heterocycles.